The van der Waals surface area contributed by atoms with E-state index >= 15 is 0 Å². The van der Waals surface area contributed by atoms with Crippen molar-refractivity contribution in [3.8, 4) is 17.1 Å². The first-order valence-electron chi connectivity index (χ1n) is 9.53. The van der Waals surface area contributed by atoms with E-state index in [2.05, 4.69) is 20.5 Å². The number of rotatable bonds is 9. The number of amides is 1. The van der Waals surface area contributed by atoms with Gasteiger partial charge in [0.15, 0.2) is 5.82 Å². The summed E-state index contributed by atoms with van der Waals surface area (Å²) in [5, 5.41) is 11.0. The van der Waals surface area contributed by atoms with Crippen molar-refractivity contribution in [2.24, 2.45) is 5.92 Å². The maximum atomic E-state index is 12.3. The second-order valence-electron chi connectivity index (χ2n) is 7.11. The van der Waals surface area contributed by atoms with Crippen molar-refractivity contribution in [1.29, 1.82) is 0 Å². The molecule has 1 aliphatic rings. The Kier molecular flexibility index (Phi) is 6.21. The van der Waals surface area contributed by atoms with Crippen LogP contribution < -0.4 is 15.6 Å². The molecule has 7 nitrogen and oxygen atoms in total. The zero-order valence-electron chi connectivity index (χ0n) is 15.8. The van der Waals surface area contributed by atoms with Crippen molar-refractivity contribution >= 4 is 5.91 Å². The van der Waals surface area contributed by atoms with Crippen LogP contribution in [0.3, 0.4) is 0 Å². The number of hydrogen-bond acceptors (Lipinski definition) is 5. The first kappa shape index (κ1) is 19.1. The number of benzene rings is 1. The summed E-state index contributed by atoms with van der Waals surface area (Å²) in [5.41, 5.74) is 0.689. The van der Waals surface area contributed by atoms with Crippen molar-refractivity contribution in [2.75, 3.05) is 6.61 Å². The van der Waals surface area contributed by atoms with Crippen LogP contribution in [0.4, 0.5) is 0 Å². The summed E-state index contributed by atoms with van der Waals surface area (Å²) < 4.78 is 5.77. The molecule has 0 saturated heterocycles. The Bertz CT molecular complexity index is 845. The number of aromatic nitrogens is 3. The number of aryl methyl sites for hydroxylation is 1. The highest BCUT2D eigenvalue weighted by Crippen LogP contribution is 2.30. The molecular weight excluding hydrogens is 344 g/mol. The van der Waals surface area contributed by atoms with Gasteiger partial charge in [-0.1, -0.05) is 19.1 Å². The molecule has 1 saturated carbocycles. The molecular formula is C20H26N4O3. The molecule has 0 bridgehead atoms. The van der Waals surface area contributed by atoms with Crippen molar-refractivity contribution in [1.82, 2.24) is 20.5 Å². The van der Waals surface area contributed by atoms with Gasteiger partial charge >= 0.3 is 0 Å². The van der Waals surface area contributed by atoms with E-state index in [1.807, 2.05) is 38.1 Å². The lowest BCUT2D eigenvalue weighted by Gasteiger charge is -2.10. The van der Waals surface area contributed by atoms with Crippen LogP contribution in [0.25, 0.3) is 11.4 Å². The van der Waals surface area contributed by atoms with E-state index < -0.39 is 0 Å². The Morgan fingerprint density at radius 2 is 2.19 bits per heavy atom. The van der Waals surface area contributed by atoms with Crippen LogP contribution in [0.1, 0.15) is 45.2 Å². The number of nitrogens with one attached hydrogen (secondary N) is 2. The Labute approximate surface area is 158 Å². The molecule has 7 heteroatoms. The summed E-state index contributed by atoms with van der Waals surface area (Å²) >= 11 is 0. The molecule has 1 aromatic carbocycles. The maximum Gasteiger partial charge on any atom is 0.273 e. The van der Waals surface area contributed by atoms with Gasteiger partial charge in [0.2, 0.25) is 5.91 Å². The van der Waals surface area contributed by atoms with E-state index in [0.29, 0.717) is 11.7 Å². The fourth-order valence-electron chi connectivity index (χ4n) is 2.57. The Morgan fingerprint density at radius 1 is 1.37 bits per heavy atom. The molecule has 0 radical (unpaired) electrons. The topological polar surface area (TPSA) is 97.0 Å². The van der Waals surface area contributed by atoms with Crippen LogP contribution in [0.5, 0.6) is 5.75 Å². The predicted octanol–water partition coefficient (Wildman–Crippen LogP) is 2.47. The number of nitrogens with zero attached hydrogens (tertiary/aromatic N) is 2. The summed E-state index contributed by atoms with van der Waals surface area (Å²) in [4.78, 5) is 26.9. The van der Waals surface area contributed by atoms with E-state index in [0.717, 1.165) is 24.3 Å². The fourth-order valence-corrected chi connectivity index (χ4v) is 2.57. The largest absolute Gasteiger partial charge is 0.493 e. The SMILES string of the molecule is CC[C@H](C)NC(=O)CCc1nnc(-c2cccc(OCC3CC3)c2)[nH]c1=O. The van der Waals surface area contributed by atoms with E-state index in [9.17, 15) is 9.59 Å². The Balaban J connectivity index is 1.63. The minimum atomic E-state index is -0.319. The average Bonchev–Trinajstić information content (AvgIpc) is 3.50. The Morgan fingerprint density at radius 3 is 2.89 bits per heavy atom. The minimum Gasteiger partial charge on any atom is -0.493 e. The van der Waals surface area contributed by atoms with Crippen LogP contribution in [-0.2, 0) is 11.2 Å². The Hall–Kier alpha value is -2.70. The summed E-state index contributed by atoms with van der Waals surface area (Å²) in [6.45, 7) is 4.68. The quantitative estimate of drug-likeness (QED) is 0.707. The summed E-state index contributed by atoms with van der Waals surface area (Å²) in [6, 6.07) is 7.58. The number of hydrogen-bond donors (Lipinski definition) is 2. The summed E-state index contributed by atoms with van der Waals surface area (Å²) in [5.74, 6) is 1.73. The highest BCUT2D eigenvalue weighted by molar-refractivity contribution is 5.76. The van der Waals surface area contributed by atoms with Gasteiger partial charge in [-0.3, -0.25) is 9.59 Å². The van der Waals surface area contributed by atoms with Crippen LogP contribution >= 0.6 is 0 Å². The fraction of sp³-hybridized carbons (Fsp3) is 0.500. The zero-order chi connectivity index (χ0) is 19.2. The molecule has 1 heterocycles. The molecule has 0 unspecified atom stereocenters. The molecule has 1 aromatic heterocycles. The standard InChI is InChI=1S/C20H26N4O3/c1-3-13(2)21-18(25)10-9-17-20(26)22-19(24-23-17)15-5-4-6-16(11-15)27-12-14-7-8-14/h4-6,11,13-14H,3,7-10,12H2,1-2H3,(H,21,25)(H,22,24,26)/t13-/m0/s1. The van der Waals surface area contributed by atoms with Gasteiger partial charge in [0, 0.05) is 24.4 Å². The summed E-state index contributed by atoms with van der Waals surface area (Å²) in [7, 11) is 0. The van der Waals surface area contributed by atoms with Gasteiger partial charge in [-0.25, -0.2) is 0 Å². The first-order chi connectivity index (χ1) is 13.0. The third-order valence-electron chi connectivity index (χ3n) is 4.66. The average molecular weight is 370 g/mol. The smallest absolute Gasteiger partial charge is 0.273 e. The molecule has 2 aromatic rings. The van der Waals surface area contributed by atoms with Gasteiger partial charge in [0.05, 0.1) is 6.61 Å². The van der Waals surface area contributed by atoms with Gasteiger partial charge in [-0.15, -0.1) is 10.2 Å². The maximum absolute atomic E-state index is 12.3. The highest BCUT2D eigenvalue weighted by atomic mass is 16.5. The molecule has 1 aliphatic carbocycles. The lowest BCUT2D eigenvalue weighted by Crippen LogP contribution is -2.32. The monoisotopic (exact) mass is 370 g/mol. The second-order valence-corrected chi connectivity index (χ2v) is 7.11. The van der Waals surface area contributed by atoms with Crippen LogP contribution in [-0.4, -0.2) is 33.7 Å². The summed E-state index contributed by atoms with van der Waals surface area (Å²) in [6.07, 6.45) is 3.80. The van der Waals surface area contributed by atoms with Crippen molar-refractivity contribution < 1.29 is 9.53 Å². The third-order valence-corrected chi connectivity index (χ3v) is 4.66. The molecule has 1 atom stereocenters. The molecule has 144 valence electrons. The molecule has 0 spiro atoms. The number of H-pyrrole nitrogens is 1. The van der Waals surface area contributed by atoms with Crippen molar-refractivity contribution in [2.45, 2.75) is 52.0 Å². The van der Waals surface area contributed by atoms with Gasteiger partial charge < -0.3 is 15.0 Å². The molecule has 27 heavy (non-hydrogen) atoms. The molecule has 3 rings (SSSR count). The molecule has 0 aliphatic heterocycles. The van der Waals surface area contributed by atoms with Crippen LogP contribution in [0, 0.1) is 5.92 Å². The normalized spacial score (nSPS) is 14.6. The second kappa shape index (κ2) is 8.79. The van der Waals surface area contributed by atoms with Gasteiger partial charge in [-0.05, 0) is 44.2 Å². The van der Waals surface area contributed by atoms with E-state index in [-0.39, 0.29) is 36.0 Å². The highest BCUT2D eigenvalue weighted by Gasteiger charge is 2.22. The van der Waals surface area contributed by atoms with Gasteiger partial charge in [-0.2, -0.15) is 0 Å². The molecule has 1 fully saturated rings. The number of aromatic amines is 1. The lowest BCUT2D eigenvalue weighted by atomic mass is 10.2. The van der Waals surface area contributed by atoms with E-state index in [1.54, 1.807) is 0 Å². The minimum absolute atomic E-state index is 0.0878. The van der Waals surface area contributed by atoms with E-state index in [4.69, 9.17) is 4.74 Å². The first-order valence-corrected chi connectivity index (χ1v) is 9.53. The van der Waals surface area contributed by atoms with Gasteiger partial charge in [0.25, 0.3) is 5.56 Å². The molecule has 1 amide bonds. The zero-order valence-corrected chi connectivity index (χ0v) is 15.8. The number of carbonyl (C=O) groups excluding carboxylic acids is 1. The predicted molar refractivity (Wildman–Crippen MR) is 103 cm³/mol. The van der Waals surface area contributed by atoms with E-state index in [1.165, 1.54) is 12.8 Å². The third kappa shape index (κ3) is 5.64. The van der Waals surface area contributed by atoms with Crippen molar-refractivity contribution in [3.05, 3.63) is 40.3 Å². The lowest BCUT2D eigenvalue weighted by molar-refractivity contribution is -0.121. The van der Waals surface area contributed by atoms with Gasteiger partial charge in [0.1, 0.15) is 11.4 Å². The van der Waals surface area contributed by atoms with Crippen LogP contribution in [0.2, 0.25) is 0 Å². The number of ether oxygens (including phenoxy) is 1. The van der Waals surface area contributed by atoms with Crippen LogP contribution in [0.15, 0.2) is 29.1 Å². The van der Waals surface area contributed by atoms with Crippen molar-refractivity contribution in [3.63, 3.8) is 0 Å². The molecule has 2 N–H and O–H groups in total. The number of carbonyl (C=O) groups is 1.